The van der Waals surface area contributed by atoms with Gasteiger partial charge in [-0.05, 0) is 19.9 Å². The number of ether oxygens (including phenoxy) is 1. The van der Waals surface area contributed by atoms with Crippen molar-refractivity contribution in [3.05, 3.63) is 0 Å². The Labute approximate surface area is 67.1 Å². The van der Waals surface area contributed by atoms with Crippen LogP contribution in [-0.2, 0) is 4.74 Å². The molecule has 0 aromatic rings. The molecule has 4 heteroatoms. The van der Waals surface area contributed by atoms with Crippen molar-refractivity contribution in [2.75, 3.05) is 13.2 Å². The minimum absolute atomic E-state index is 0.374. The van der Waals surface area contributed by atoms with Crippen LogP contribution in [0.1, 0.15) is 20.3 Å². The van der Waals surface area contributed by atoms with E-state index in [2.05, 4.69) is 10.1 Å². The summed E-state index contributed by atoms with van der Waals surface area (Å²) >= 11 is 0. The van der Waals surface area contributed by atoms with Gasteiger partial charge in [0.15, 0.2) is 0 Å². The maximum atomic E-state index is 10.1. The first-order chi connectivity index (χ1) is 5.16. The average Bonchev–Trinajstić information content (AvgIpc) is 1.87. The Morgan fingerprint density at radius 3 is 2.82 bits per heavy atom. The first-order valence-corrected chi connectivity index (χ1v) is 3.82. The van der Waals surface area contributed by atoms with E-state index in [0.717, 1.165) is 13.0 Å². The molecular weight excluding hydrogens is 144 g/mol. The summed E-state index contributed by atoms with van der Waals surface area (Å²) in [4.78, 5) is 10.1. The molecule has 0 bridgehead atoms. The van der Waals surface area contributed by atoms with Crippen molar-refractivity contribution in [1.29, 1.82) is 0 Å². The van der Waals surface area contributed by atoms with Crippen LogP contribution >= 0.6 is 0 Å². The van der Waals surface area contributed by atoms with Crippen molar-refractivity contribution >= 4 is 6.09 Å². The normalized spacial score (nSPS) is 12.5. The Balaban J connectivity index is 3.16. The van der Waals surface area contributed by atoms with Crippen molar-refractivity contribution in [3.8, 4) is 0 Å². The molecule has 0 aliphatic carbocycles. The molecule has 0 aromatic carbocycles. The van der Waals surface area contributed by atoms with Crippen LogP contribution < -0.4 is 11.1 Å². The summed E-state index contributed by atoms with van der Waals surface area (Å²) in [7, 11) is 0. The quantitative estimate of drug-likeness (QED) is 0.614. The molecule has 0 rings (SSSR count). The summed E-state index contributed by atoms with van der Waals surface area (Å²) in [5.41, 5.74) is 4.77. The minimum Gasteiger partial charge on any atom is -0.450 e. The molecule has 0 fully saturated rings. The van der Waals surface area contributed by atoms with Crippen LogP contribution in [0.15, 0.2) is 0 Å². The molecule has 0 aliphatic heterocycles. The van der Waals surface area contributed by atoms with Crippen molar-refractivity contribution in [1.82, 2.24) is 5.32 Å². The van der Waals surface area contributed by atoms with E-state index < -0.39 is 6.09 Å². The average molecular weight is 160 g/mol. The summed E-state index contributed by atoms with van der Waals surface area (Å²) < 4.78 is 4.56. The molecule has 0 saturated carbocycles. The number of nitrogens with two attached hydrogens (primary N) is 1. The largest absolute Gasteiger partial charge is 0.450 e. The molecule has 11 heavy (non-hydrogen) atoms. The van der Waals surface area contributed by atoms with Gasteiger partial charge in [0.1, 0.15) is 0 Å². The highest BCUT2D eigenvalue weighted by atomic mass is 16.5. The first-order valence-electron chi connectivity index (χ1n) is 3.82. The lowest BCUT2D eigenvalue weighted by atomic mass is 10.2. The van der Waals surface area contributed by atoms with Crippen LogP contribution in [0.25, 0.3) is 0 Å². The zero-order chi connectivity index (χ0) is 8.69. The third-order valence-electron chi connectivity index (χ3n) is 1.35. The number of hydrogen-bond acceptors (Lipinski definition) is 3. The van der Waals surface area contributed by atoms with Crippen LogP contribution in [0.4, 0.5) is 4.79 Å². The molecule has 0 heterocycles. The van der Waals surface area contributed by atoms with Crippen molar-refractivity contribution in [3.63, 3.8) is 0 Å². The Morgan fingerprint density at radius 2 is 2.36 bits per heavy atom. The lowest BCUT2D eigenvalue weighted by molar-refractivity contribution is 0.152. The smallest absolute Gasteiger partial charge is 0.404 e. The summed E-state index contributed by atoms with van der Waals surface area (Å²) in [6.07, 6.45) is 0.102. The van der Waals surface area contributed by atoms with E-state index in [9.17, 15) is 4.79 Å². The molecule has 1 unspecified atom stereocenters. The fraction of sp³-hybridized carbons (Fsp3) is 0.857. The molecule has 3 N–H and O–H groups in total. The van der Waals surface area contributed by atoms with Gasteiger partial charge in [-0.2, -0.15) is 0 Å². The molecule has 1 amide bonds. The van der Waals surface area contributed by atoms with Crippen LogP contribution in [-0.4, -0.2) is 25.3 Å². The Hall–Kier alpha value is -0.770. The lowest BCUT2D eigenvalue weighted by Crippen LogP contribution is -2.27. The fourth-order valence-corrected chi connectivity index (χ4v) is 0.787. The van der Waals surface area contributed by atoms with E-state index in [-0.39, 0.29) is 0 Å². The van der Waals surface area contributed by atoms with Crippen molar-refractivity contribution in [2.45, 2.75) is 26.3 Å². The predicted octanol–water partition coefficient (Wildman–Crippen LogP) is 0.470. The van der Waals surface area contributed by atoms with Crippen LogP contribution in [0.3, 0.4) is 0 Å². The zero-order valence-corrected chi connectivity index (χ0v) is 7.09. The van der Waals surface area contributed by atoms with Crippen LogP contribution in [0.5, 0.6) is 0 Å². The Bertz CT molecular complexity index is 117. The number of amides is 1. The highest BCUT2D eigenvalue weighted by Gasteiger charge is 2.00. The highest BCUT2D eigenvalue weighted by molar-refractivity contribution is 5.64. The van der Waals surface area contributed by atoms with E-state index in [0.29, 0.717) is 12.6 Å². The molecule has 0 aromatic heterocycles. The van der Waals surface area contributed by atoms with Gasteiger partial charge in [-0.1, -0.05) is 6.92 Å². The number of hydrogen-bond donors (Lipinski definition) is 2. The monoisotopic (exact) mass is 160 g/mol. The molecule has 1 atom stereocenters. The second-order valence-electron chi connectivity index (χ2n) is 2.41. The van der Waals surface area contributed by atoms with Gasteiger partial charge in [0.2, 0.25) is 0 Å². The minimum atomic E-state index is -0.700. The number of carbonyl (C=O) groups is 1. The predicted molar refractivity (Wildman–Crippen MR) is 43.3 cm³/mol. The molecule has 0 spiro atoms. The number of rotatable bonds is 5. The van der Waals surface area contributed by atoms with Gasteiger partial charge >= 0.3 is 6.09 Å². The Kier molecular flexibility index (Phi) is 5.56. The highest BCUT2D eigenvalue weighted by Crippen LogP contribution is 1.90. The summed E-state index contributed by atoms with van der Waals surface area (Å²) in [6, 6.07) is 0.374. The standard InChI is InChI=1S/C7H16N2O2/c1-3-9-6(2)4-5-11-7(8)10/h6,9H,3-5H2,1-2H3,(H2,8,10). The maximum Gasteiger partial charge on any atom is 0.404 e. The third kappa shape index (κ3) is 7.12. The summed E-state index contributed by atoms with van der Waals surface area (Å²) in [5, 5.41) is 3.19. The number of primary amides is 1. The van der Waals surface area contributed by atoms with E-state index in [1.807, 2.05) is 13.8 Å². The van der Waals surface area contributed by atoms with E-state index in [1.165, 1.54) is 0 Å². The Morgan fingerprint density at radius 1 is 1.73 bits per heavy atom. The molecule has 0 radical (unpaired) electrons. The van der Waals surface area contributed by atoms with E-state index >= 15 is 0 Å². The van der Waals surface area contributed by atoms with Crippen molar-refractivity contribution < 1.29 is 9.53 Å². The second-order valence-corrected chi connectivity index (χ2v) is 2.41. The van der Waals surface area contributed by atoms with Crippen molar-refractivity contribution in [2.24, 2.45) is 5.73 Å². The molecule has 66 valence electrons. The first kappa shape index (κ1) is 10.2. The zero-order valence-electron chi connectivity index (χ0n) is 7.09. The van der Waals surface area contributed by atoms with Gasteiger partial charge in [0, 0.05) is 6.04 Å². The van der Waals surface area contributed by atoms with Crippen LogP contribution in [0.2, 0.25) is 0 Å². The number of nitrogens with one attached hydrogen (secondary N) is 1. The lowest BCUT2D eigenvalue weighted by Gasteiger charge is -2.10. The molecule has 4 nitrogen and oxygen atoms in total. The van der Waals surface area contributed by atoms with E-state index in [4.69, 9.17) is 5.73 Å². The van der Waals surface area contributed by atoms with Gasteiger partial charge < -0.3 is 15.8 Å². The van der Waals surface area contributed by atoms with Gasteiger partial charge in [-0.25, -0.2) is 4.79 Å². The van der Waals surface area contributed by atoms with Gasteiger partial charge in [-0.15, -0.1) is 0 Å². The molecular formula is C7H16N2O2. The topological polar surface area (TPSA) is 64.3 Å². The summed E-state index contributed by atoms with van der Waals surface area (Å²) in [5.74, 6) is 0. The van der Waals surface area contributed by atoms with Gasteiger partial charge in [-0.3, -0.25) is 0 Å². The van der Waals surface area contributed by atoms with E-state index in [1.54, 1.807) is 0 Å². The molecule has 0 aliphatic rings. The third-order valence-corrected chi connectivity index (χ3v) is 1.35. The van der Waals surface area contributed by atoms with Gasteiger partial charge in [0.05, 0.1) is 6.61 Å². The fourth-order valence-electron chi connectivity index (χ4n) is 0.787. The van der Waals surface area contributed by atoms with Crippen LogP contribution in [0, 0.1) is 0 Å². The second kappa shape index (κ2) is 5.97. The maximum absolute atomic E-state index is 10.1. The number of carbonyl (C=O) groups excluding carboxylic acids is 1. The van der Waals surface area contributed by atoms with Gasteiger partial charge in [0.25, 0.3) is 0 Å². The SMILES string of the molecule is CCNC(C)CCOC(N)=O. The molecule has 0 saturated heterocycles. The summed E-state index contributed by atoms with van der Waals surface area (Å²) in [6.45, 7) is 5.39.